The maximum atomic E-state index is 11.8. The number of hydrogen-bond acceptors (Lipinski definition) is 4. The summed E-state index contributed by atoms with van der Waals surface area (Å²) >= 11 is 1.65. The molecule has 0 aromatic carbocycles. The Bertz CT molecular complexity index is 519. The Morgan fingerprint density at radius 2 is 2.26 bits per heavy atom. The van der Waals surface area contributed by atoms with Crippen molar-refractivity contribution in [3.63, 3.8) is 0 Å². The van der Waals surface area contributed by atoms with Crippen molar-refractivity contribution in [3.05, 3.63) is 46.0 Å². The van der Waals surface area contributed by atoms with Gasteiger partial charge in [-0.3, -0.25) is 9.69 Å². The Morgan fingerprint density at radius 3 is 2.89 bits per heavy atom. The Hall–Kier alpha value is -1.59. The van der Waals surface area contributed by atoms with Crippen LogP contribution < -0.4 is 5.32 Å². The minimum atomic E-state index is 0.0270. The number of furan rings is 1. The van der Waals surface area contributed by atoms with Gasteiger partial charge in [0.05, 0.1) is 19.6 Å². The third-order valence-corrected chi connectivity index (χ3v) is 3.55. The van der Waals surface area contributed by atoms with E-state index >= 15 is 0 Å². The first-order valence-electron chi connectivity index (χ1n) is 6.16. The molecule has 2 rings (SSSR count). The highest BCUT2D eigenvalue weighted by Crippen LogP contribution is 2.09. The van der Waals surface area contributed by atoms with Gasteiger partial charge in [-0.1, -0.05) is 6.07 Å². The average molecular weight is 278 g/mol. The summed E-state index contributed by atoms with van der Waals surface area (Å²) in [6.45, 7) is 3.52. The Morgan fingerprint density at radius 1 is 1.42 bits per heavy atom. The van der Waals surface area contributed by atoms with E-state index in [-0.39, 0.29) is 5.91 Å². The van der Waals surface area contributed by atoms with Gasteiger partial charge in [-0.2, -0.15) is 0 Å². The van der Waals surface area contributed by atoms with E-state index in [4.69, 9.17) is 4.42 Å². The van der Waals surface area contributed by atoms with Crippen molar-refractivity contribution < 1.29 is 9.21 Å². The van der Waals surface area contributed by atoms with Gasteiger partial charge >= 0.3 is 0 Å². The predicted octanol–water partition coefficient (Wildman–Crippen LogP) is 2.40. The lowest BCUT2D eigenvalue weighted by atomic mass is 10.4. The molecule has 4 nitrogen and oxygen atoms in total. The summed E-state index contributed by atoms with van der Waals surface area (Å²) in [5.74, 6) is 1.80. The van der Waals surface area contributed by atoms with Gasteiger partial charge in [-0.15, -0.1) is 11.3 Å². The Kier molecular flexibility index (Phi) is 4.76. The molecule has 19 heavy (non-hydrogen) atoms. The second-order valence-corrected chi connectivity index (χ2v) is 5.57. The lowest BCUT2D eigenvalue weighted by Crippen LogP contribution is -2.34. The maximum absolute atomic E-state index is 11.8. The number of hydrogen-bond donors (Lipinski definition) is 1. The van der Waals surface area contributed by atoms with Gasteiger partial charge in [0.1, 0.15) is 11.5 Å². The van der Waals surface area contributed by atoms with Crippen molar-refractivity contribution >= 4 is 17.2 Å². The fourth-order valence-electron chi connectivity index (χ4n) is 1.79. The third kappa shape index (κ3) is 4.54. The van der Waals surface area contributed by atoms with E-state index in [1.807, 2.05) is 48.5 Å². The van der Waals surface area contributed by atoms with E-state index < -0.39 is 0 Å². The molecule has 0 spiro atoms. The van der Waals surface area contributed by atoms with Crippen molar-refractivity contribution in [2.45, 2.75) is 20.0 Å². The Balaban J connectivity index is 1.72. The molecule has 0 aliphatic heterocycles. The molecule has 0 bridgehead atoms. The molecular formula is C14H18N2O2S. The number of amides is 1. The van der Waals surface area contributed by atoms with Gasteiger partial charge in [0, 0.05) is 4.88 Å². The van der Waals surface area contributed by atoms with Crippen molar-refractivity contribution in [2.75, 3.05) is 13.6 Å². The van der Waals surface area contributed by atoms with E-state index in [0.717, 1.165) is 16.4 Å². The van der Waals surface area contributed by atoms with Crippen LogP contribution in [-0.2, 0) is 17.9 Å². The van der Waals surface area contributed by atoms with Gasteiger partial charge < -0.3 is 9.73 Å². The molecule has 2 aromatic rings. The monoisotopic (exact) mass is 278 g/mol. The molecule has 2 aromatic heterocycles. The molecule has 5 heteroatoms. The lowest BCUT2D eigenvalue weighted by Gasteiger charge is -2.14. The SMILES string of the molecule is Cc1ccc(CN(C)CC(=O)NCc2cccs2)o1. The Labute approximate surface area is 117 Å². The van der Waals surface area contributed by atoms with Crippen LogP contribution in [0.25, 0.3) is 0 Å². The molecule has 0 aliphatic rings. The number of aryl methyl sites for hydroxylation is 1. The van der Waals surface area contributed by atoms with Crippen LogP contribution in [0, 0.1) is 6.92 Å². The van der Waals surface area contributed by atoms with Gasteiger partial charge in [0.25, 0.3) is 0 Å². The first-order valence-corrected chi connectivity index (χ1v) is 7.04. The highest BCUT2D eigenvalue weighted by atomic mass is 32.1. The summed E-state index contributed by atoms with van der Waals surface area (Å²) < 4.78 is 5.48. The summed E-state index contributed by atoms with van der Waals surface area (Å²) in [4.78, 5) is 14.9. The zero-order valence-electron chi connectivity index (χ0n) is 11.2. The number of nitrogens with zero attached hydrogens (tertiary/aromatic N) is 1. The second-order valence-electron chi connectivity index (χ2n) is 4.54. The van der Waals surface area contributed by atoms with E-state index in [9.17, 15) is 4.79 Å². The summed E-state index contributed by atoms with van der Waals surface area (Å²) in [5.41, 5.74) is 0. The van der Waals surface area contributed by atoms with Gasteiger partial charge in [-0.25, -0.2) is 0 Å². The molecular weight excluding hydrogens is 260 g/mol. The van der Waals surface area contributed by atoms with Crippen LogP contribution in [0.15, 0.2) is 34.1 Å². The van der Waals surface area contributed by atoms with Crippen LogP contribution in [0.4, 0.5) is 0 Å². The molecule has 102 valence electrons. The molecule has 0 aliphatic carbocycles. The predicted molar refractivity (Wildman–Crippen MR) is 75.9 cm³/mol. The zero-order valence-corrected chi connectivity index (χ0v) is 12.0. The number of thiophene rings is 1. The quantitative estimate of drug-likeness (QED) is 0.882. The summed E-state index contributed by atoms with van der Waals surface area (Å²) in [5, 5.41) is 4.91. The minimum absolute atomic E-state index is 0.0270. The molecule has 0 atom stereocenters. The van der Waals surface area contributed by atoms with E-state index in [0.29, 0.717) is 19.6 Å². The maximum Gasteiger partial charge on any atom is 0.234 e. The summed E-state index contributed by atoms with van der Waals surface area (Å²) in [7, 11) is 1.91. The molecule has 1 amide bonds. The highest BCUT2D eigenvalue weighted by molar-refractivity contribution is 7.09. The second kappa shape index (κ2) is 6.54. The van der Waals surface area contributed by atoms with Crippen LogP contribution in [0.2, 0.25) is 0 Å². The molecule has 1 N–H and O–H groups in total. The molecule has 0 saturated heterocycles. The largest absolute Gasteiger partial charge is 0.465 e. The molecule has 0 unspecified atom stereocenters. The summed E-state index contributed by atoms with van der Waals surface area (Å²) in [6.07, 6.45) is 0. The van der Waals surface area contributed by atoms with Gasteiger partial charge in [0.15, 0.2) is 0 Å². The van der Waals surface area contributed by atoms with Crippen molar-refractivity contribution in [3.8, 4) is 0 Å². The standard InChI is InChI=1S/C14H18N2O2S/c1-11-5-6-12(18-11)9-16(2)10-14(17)15-8-13-4-3-7-19-13/h3-7H,8-10H2,1-2H3,(H,15,17). The van der Waals surface area contributed by atoms with Crippen molar-refractivity contribution in [2.24, 2.45) is 0 Å². The summed E-state index contributed by atoms with van der Waals surface area (Å²) in [6, 6.07) is 7.87. The number of carbonyl (C=O) groups is 1. The smallest absolute Gasteiger partial charge is 0.234 e. The van der Waals surface area contributed by atoms with Crippen LogP contribution in [0.5, 0.6) is 0 Å². The van der Waals surface area contributed by atoms with Crippen molar-refractivity contribution in [1.82, 2.24) is 10.2 Å². The molecule has 0 fully saturated rings. The average Bonchev–Trinajstić information content (AvgIpc) is 2.98. The van der Waals surface area contributed by atoms with E-state index in [2.05, 4.69) is 5.32 Å². The van der Waals surface area contributed by atoms with Crippen LogP contribution in [0.3, 0.4) is 0 Å². The van der Waals surface area contributed by atoms with Crippen LogP contribution >= 0.6 is 11.3 Å². The van der Waals surface area contributed by atoms with E-state index in [1.165, 1.54) is 0 Å². The fourth-order valence-corrected chi connectivity index (χ4v) is 2.44. The van der Waals surface area contributed by atoms with Crippen molar-refractivity contribution in [1.29, 1.82) is 0 Å². The topological polar surface area (TPSA) is 45.5 Å². The fraction of sp³-hybridized carbons (Fsp3) is 0.357. The normalized spacial score (nSPS) is 10.9. The number of nitrogens with one attached hydrogen (secondary N) is 1. The molecule has 0 saturated carbocycles. The molecule has 0 radical (unpaired) electrons. The van der Waals surface area contributed by atoms with E-state index in [1.54, 1.807) is 11.3 Å². The number of carbonyl (C=O) groups excluding carboxylic acids is 1. The highest BCUT2D eigenvalue weighted by Gasteiger charge is 2.09. The first-order chi connectivity index (χ1) is 9.13. The number of likely N-dealkylation sites (N-methyl/N-ethyl adjacent to an activating group) is 1. The number of rotatable bonds is 6. The minimum Gasteiger partial charge on any atom is -0.465 e. The molecule has 2 heterocycles. The van der Waals surface area contributed by atoms with Gasteiger partial charge in [0.2, 0.25) is 5.91 Å². The third-order valence-electron chi connectivity index (χ3n) is 2.68. The van der Waals surface area contributed by atoms with Crippen LogP contribution in [-0.4, -0.2) is 24.4 Å². The van der Waals surface area contributed by atoms with Gasteiger partial charge in [-0.05, 0) is 37.6 Å². The lowest BCUT2D eigenvalue weighted by molar-refractivity contribution is -0.122. The first kappa shape index (κ1) is 13.8. The van der Waals surface area contributed by atoms with Crippen LogP contribution in [0.1, 0.15) is 16.4 Å². The zero-order chi connectivity index (χ0) is 13.7.